The van der Waals surface area contributed by atoms with Gasteiger partial charge in [0.2, 0.25) is 11.8 Å². The summed E-state index contributed by atoms with van der Waals surface area (Å²) in [7, 11) is 1.59. The minimum Gasteiger partial charge on any atom is -0.497 e. The molecular formula is C18H14ClN5O2. The van der Waals surface area contributed by atoms with Gasteiger partial charge in [0.25, 0.3) is 0 Å². The summed E-state index contributed by atoms with van der Waals surface area (Å²) in [6.45, 7) is 1.85. The molecule has 0 radical (unpaired) electrons. The van der Waals surface area contributed by atoms with Crippen LogP contribution < -0.4 is 15.2 Å². The van der Waals surface area contributed by atoms with Crippen LogP contribution in [0.2, 0.25) is 5.15 Å². The van der Waals surface area contributed by atoms with Gasteiger partial charge in [-0.15, -0.1) is 5.10 Å². The van der Waals surface area contributed by atoms with E-state index in [1.807, 2.05) is 25.1 Å². The number of hydrogen-bond donors (Lipinski definition) is 2. The Morgan fingerprint density at radius 2 is 2.19 bits per heavy atom. The fourth-order valence-electron chi connectivity index (χ4n) is 3.18. The Hall–Kier alpha value is -3.24. The third kappa shape index (κ3) is 2.35. The zero-order chi connectivity index (χ0) is 18.4. The molecule has 7 nitrogen and oxygen atoms in total. The summed E-state index contributed by atoms with van der Waals surface area (Å²) in [5.74, 6) is 0.543. The van der Waals surface area contributed by atoms with E-state index >= 15 is 0 Å². The first-order chi connectivity index (χ1) is 12.5. The highest BCUT2D eigenvalue weighted by atomic mass is 35.5. The first kappa shape index (κ1) is 16.2. The summed E-state index contributed by atoms with van der Waals surface area (Å²) >= 11 is 6.49. The van der Waals surface area contributed by atoms with E-state index in [0.717, 1.165) is 16.6 Å². The number of nitriles is 1. The van der Waals surface area contributed by atoms with Crippen LogP contribution in [0, 0.1) is 18.3 Å². The largest absolute Gasteiger partial charge is 0.497 e. The van der Waals surface area contributed by atoms with E-state index in [-0.39, 0.29) is 16.6 Å². The van der Waals surface area contributed by atoms with Gasteiger partial charge in [0.05, 0.1) is 18.5 Å². The van der Waals surface area contributed by atoms with Gasteiger partial charge in [0.15, 0.2) is 0 Å². The number of benzene rings is 1. The Kier molecular flexibility index (Phi) is 3.71. The average Bonchev–Trinajstić information content (AvgIpc) is 3.00. The van der Waals surface area contributed by atoms with Crippen molar-refractivity contribution in [3.63, 3.8) is 0 Å². The maximum atomic E-state index is 9.64. The predicted octanol–water partition coefficient (Wildman–Crippen LogP) is 3.15. The molecule has 0 aliphatic carbocycles. The number of ether oxygens (including phenoxy) is 2. The molecule has 130 valence electrons. The van der Waals surface area contributed by atoms with Gasteiger partial charge in [-0.25, -0.2) is 4.98 Å². The Morgan fingerprint density at radius 3 is 2.92 bits per heavy atom. The number of methoxy groups -OCH3 is 1. The molecule has 0 saturated heterocycles. The van der Waals surface area contributed by atoms with Crippen molar-refractivity contribution in [3.05, 3.63) is 57.7 Å². The van der Waals surface area contributed by atoms with Gasteiger partial charge in [-0.05, 0) is 25.1 Å². The van der Waals surface area contributed by atoms with Gasteiger partial charge < -0.3 is 15.2 Å². The lowest BCUT2D eigenvalue weighted by Crippen LogP contribution is -2.21. The molecular weight excluding hydrogens is 354 g/mol. The van der Waals surface area contributed by atoms with Crippen LogP contribution in [-0.2, 0) is 0 Å². The summed E-state index contributed by atoms with van der Waals surface area (Å²) in [6, 6.07) is 9.58. The van der Waals surface area contributed by atoms with Crippen LogP contribution in [-0.4, -0.2) is 22.3 Å². The van der Waals surface area contributed by atoms with E-state index in [1.165, 1.54) is 0 Å². The summed E-state index contributed by atoms with van der Waals surface area (Å²) in [4.78, 5) is 4.48. The molecule has 1 aliphatic heterocycles. The Bertz CT molecular complexity index is 1110. The maximum absolute atomic E-state index is 9.64. The standard InChI is InChI=1S/C18H14ClN5O2/c1-8-14-15(12(7-20)17(21)26-18(14)24-23-8)11-5-9-3-4-10(25-2)6-13(9)22-16(11)19/h3-6,15H,21H2,1-2H3,(H,23,24). The number of H-pyrrole nitrogens is 1. The molecule has 26 heavy (non-hydrogen) atoms. The van der Waals surface area contributed by atoms with Crippen LogP contribution in [0.25, 0.3) is 10.9 Å². The lowest BCUT2D eigenvalue weighted by molar-refractivity contribution is 0.379. The van der Waals surface area contributed by atoms with Crippen LogP contribution in [0.3, 0.4) is 0 Å². The van der Waals surface area contributed by atoms with E-state index in [9.17, 15) is 5.26 Å². The number of rotatable bonds is 2. The lowest BCUT2D eigenvalue weighted by atomic mass is 9.84. The van der Waals surface area contributed by atoms with Crippen LogP contribution in [0.15, 0.2) is 35.7 Å². The van der Waals surface area contributed by atoms with E-state index in [4.69, 9.17) is 26.8 Å². The van der Waals surface area contributed by atoms with Gasteiger partial charge in [-0.3, -0.25) is 5.10 Å². The molecule has 1 aliphatic rings. The molecule has 1 unspecified atom stereocenters. The van der Waals surface area contributed by atoms with Crippen molar-refractivity contribution in [2.75, 3.05) is 7.11 Å². The minimum absolute atomic E-state index is 0.0161. The van der Waals surface area contributed by atoms with E-state index in [2.05, 4.69) is 21.3 Å². The molecule has 1 aromatic carbocycles. The molecule has 0 amide bonds. The first-order valence-electron chi connectivity index (χ1n) is 7.80. The fraction of sp³-hybridized carbons (Fsp3) is 0.167. The number of allylic oxidation sites excluding steroid dienone is 1. The number of nitrogens with one attached hydrogen (secondary N) is 1. The number of nitrogens with zero attached hydrogens (tertiary/aromatic N) is 3. The van der Waals surface area contributed by atoms with Crippen molar-refractivity contribution in [1.82, 2.24) is 15.2 Å². The normalized spacial score (nSPS) is 16.2. The van der Waals surface area contributed by atoms with Crippen LogP contribution in [0.5, 0.6) is 11.6 Å². The smallest absolute Gasteiger partial charge is 0.244 e. The number of hydrogen-bond acceptors (Lipinski definition) is 6. The molecule has 1 atom stereocenters. The number of pyridine rings is 1. The highest BCUT2D eigenvalue weighted by molar-refractivity contribution is 6.30. The van der Waals surface area contributed by atoms with Gasteiger partial charge in [0, 0.05) is 28.3 Å². The second-order valence-electron chi connectivity index (χ2n) is 5.92. The molecule has 0 bridgehead atoms. The lowest BCUT2D eigenvalue weighted by Gasteiger charge is -2.24. The molecule has 0 fully saturated rings. The van der Waals surface area contributed by atoms with Crippen molar-refractivity contribution < 1.29 is 9.47 Å². The highest BCUT2D eigenvalue weighted by Crippen LogP contribution is 2.44. The van der Waals surface area contributed by atoms with Crippen molar-refractivity contribution in [1.29, 1.82) is 5.26 Å². The quantitative estimate of drug-likeness (QED) is 0.673. The van der Waals surface area contributed by atoms with Crippen molar-refractivity contribution in [3.8, 4) is 17.7 Å². The van der Waals surface area contributed by atoms with Crippen LogP contribution in [0.1, 0.15) is 22.7 Å². The zero-order valence-corrected chi connectivity index (χ0v) is 14.8. The fourth-order valence-corrected chi connectivity index (χ4v) is 3.43. The Morgan fingerprint density at radius 1 is 1.38 bits per heavy atom. The number of aromatic amines is 1. The Labute approximate surface area is 154 Å². The highest BCUT2D eigenvalue weighted by Gasteiger charge is 2.35. The number of aryl methyl sites for hydroxylation is 1. The average molecular weight is 368 g/mol. The minimum atomic E-state index is -0.506. The summed E-state index contributed by atoms with van der Waals surface area (Å²) in [6.07, 6.45) is 0. The summed E-state index contributed by atoms with van der Waals surface area (Å²) in [5, 5.41) is 17.8. The van der Waals surface area contributed by atoms with E-state index < -0.39 is 5.92 Å². The number of halogens is 1. The van der Waals surface area contributed by atoms with Gasteiger partial charge in [-0.1, -0.05) is 11.6 Å². The number of nitrogens with two attached hydrogens (primary N) is 1. The van der Waals surface area contributed by atoms with E-state index in [1.54, 1.807) is 13.2 Å². The third-order valence-electron chi connectivity index (χ3n) is 4.45. The molecule has 3 heterocycles. The van der Waals surface area contributed by atoms with Crippen LogP contribution in [0.4, 0.5) is 0 Å². The second kappa shape index (κ2) is 5.93. The zero-order valence-electron chi connectivity index (χ0n) is 14.0. The molecule has 8 heteroatoms. The van der Waals surface area contributed by atoms with Crippen molar-refractivity contribution in [2.45, 2.75) is 12.8 Å². The predicted molar refractivity (Wildman–Crippen MR) is 95.9 cm³/mol. The molecule has 2 aromatic heterocycles. The van der Waals surface area contributed by atoms with Gasteiger partial charge in [0.1, 0.15) is 22.5 Å². The molecule has 4 rings (SSSR count). The summed E-state index contributed by atoms with van der Waals surface area (Å²) in [5.41, 5.74) is 9.09. The SMILES string of the molecule is COc1ccc2cc(C3C(C#N)=C(N)Oc4n[nH]c(C)c43)c(Cl)nc2c1. The van der Waals surface area contributed by atoms with Crippen molar-refractivity contribution in [2.24, 2.45) is 5.73 Å². The van der Waals surface area contributed by atoms with Gasteiger partial charge in [-0.2, -0.15) is 5.26 Å². The van der Waals surface area contributed by atoms with Gasteiger partial charge >= 0.3 is 0 Å². The molecule has 3 aromatic rings. The molecule has 0 spiro atoms. The topological polar surface area (TPSA) is 110 Å². The molecule has 0 saturated carbocycles. The van der Waals surface area contributed by atoms with Crippen molar-refractivity contribution >= 4 is 22.5 Å². The molecule has 3 N–H and O–H groups in total. The third-order valence-corrected chi connectivity index (χ3v) is 4.75. The first-order valence-corrected chi connectivity index (χ1v) is 8.18. The maximum Gasteiger partial charge on any atom is 0.244 e. The van der Waals surface area contributed by atoms with E-state index in [0.29, 0.717) is 22.7 Å². The second-order valence-corrected chi connectivity index (χ2v) is 6.28. The Balaban J connectivity index is 1.97. The number of aromatic nitrogens is 3. The monoisotopic (exact) mass is 367 g/mol. The summed E-state index contributed by atoms with van der Waals surface area (Å²) < 4.78 is 10.7. The van der Waals surface area contributed by atoms with Crippen LogP contribution >= 0.6 is 11.6 Å². The number of fused-ring (bicyclic) bond motifs is 2.